The fourth-order valence-corrected chi connectivity index (χ4v) is 6.08. The Balaban J connectivity index is 1.71. The number of amides is 1. The molecule has 1 saturated heterocycles. The van der Waals surface area contributed by atoms with E-state index in [4.69, 9.17) is 4.74 Å². The third-order valence-corrected chi connectivity index (χ3v) is 7.26. The van der Waals surface area contributed by atoms with Crippen molar-refractivity contribution in [2.24, 2.45) is 22.7 Å². The third kappa shape index (κ3) is 2.17. The van der Waals surface area contributed by atoms with Crippen molar-refractivity contribution in [2.75, 3.05) is 6.61 Å². The summed E-state index contributed by atoms with van der Waals surface area (Å²) in [7, 11) is 0. The summed E-state index contributed by atoms with van der Waals surface area (Å²) in [5.74, 6) is 1.30. The molecule has 1 N–H and O–H groups in total. The Morgan fingerprint density at radius 2 is 1.96 bits per heavy atom. The number of hydrogen-bond acceptors (Lipinski definition) is 2. The molecule has 130 valence electrons. The van der Waals surface area contributed by atoms with Gasteiger partial charge >= 0.3 is 0 Å². The Hall–Kier alpha value is -1.35. The van der Waals surface area contributed by atoms with Gasteiger partial charge in [0.15, 0.2) is 0 Å². The lowest BCUT2D eigenvalue weighted by Crippen LogP contribution is -2.58. The molecule has 3 fully saturated rings. The van der Waals surface area contributed by atoms with Crippen molar-refractivity contribution in [1.29, 1.82) is 0 Å². The van der Waals surface area contributed by atoms with Crippen LogP contribution in [0.2, 0.25) is 0 Å². The van der Waals surface area contributed by atoms with Crippen molar-refractivity contribution < 1.29 is 9.53 Å². The number of carbonyl (C=O) groups excluding carboxylic acids is 1. The van der Waals surface area contributed by atoms with Crippen LogP contribution in [0.25, 0.3) is 0 Å². The predicted molar refractivity (Wildman–Crippen MR) is 94.5 cm³/mol. The molecule has 3 nitrogen and oxygen atoms in total. The maximum absolute atomic E-state index is 11.9. The van der Waals surface area contributed by atoms with Crippen LogP contribution in [-0.2, 0) is 9.53 Å². The quantitative estimate of drug-likeness (QED) is 0.891. The summed E-state index contributed by atoms with van der Waals surface area (Å²) in [6, 6.07) is 9.08. The lowest BCUT2D eigenvalue weighted by molar-refractivity contribution is -0.135. The minimum absolute atomic E-state index is 0.104. The minimum atomic E-state index is 0.104. The molecule has 2 saturated carbocycles. The minimum Gasteiger partial charge on any atom is -0.373 e. The SMILES string of the molecule is CC(=O)N[C@@H]1C(C)(C)[C@@H]2C[C@@H]3[C@@H](c4ccc(C)cc4)OCC[C@@]31C2. The van der Waals surface area contributed by atoms with E-state index in [-0.39, 0.29) is 28.9 Å². The van der Waals surface area contributed by atoms with Gasteiger partial charge in [-0.1, -0.05) is 43.7 Å². The number of ether oxygens (including phenoxy) is 1. The van der Waals surface area contributed by atoms with E-state index < -0.39 is 0 Å². The van der Waals surface area contributed by atoms with Gasteiger partial charge in [-0.25, -0.2) is 0 Å². The highest BCUT2D eigenvalue weighted by Crippen LogP contribution is 2.70. The van der Waals surface area contributed by atoms with E-state index in [2.05, 4.69) is 50.4 Å². The fourth-order valence-electron chi connectivity index (χ4n) is 6.08. The molecule has 24 heavy (non-hydrogen) atoms. The van der Waals surface area contributed by atoms with E-state index in [1.54, 1.807) is 6.92 Å². The maximum atomic E-state index is 11.9. The summed E-state index contributed by atoms with van der Waals surface area (Å²) >= 11 is 0. The Morgan fingerprint density at radius 1 is 1.25 bits per heavy atom. The zero-order chi connectivity index (χ0) is 17.1. The van der Waals surface area contributed by atoms with Crippen molar-refractivity contribution in [3.63, 3.8) is 0 Å². The average molecular weight is 327 g/mol. The Kier molecular flexibility index (Phi) is 3.58. The van der Waals surface area contributed by atoms with Gasteiger partial charge in [-0.15, -0.1) is 0 Å². The van der Waals surface area contributed by atoms with Crippen molar-refractivity contribution >= 4 is 5.91 Å². The summed E-state index contributed by atoms with van der Waals surface area (Å²) in [5.41, 5.74) is 2.97. The normalized spacial score (nSPS) is 39.5. The second kappa shape index (κ2) is 5.32. The zero-order valence-corrected chi connectivity index (χ0v) is 15.3. The number of rotatable bonds is 2. The Morgan fingerprint density at radius 3 is 2.62 bits per heavy atom. The highest BCUT2D eigenvalue weighted by Gasteiger charge is 2.68. The molecule has 4 rings (SSSR count). The number of aryl methyl sites for hydroxylation is 1. The molecule has 3 heteroatoms. The molecule has 2 aliphatic carbocycles. The van der Waals surface area contributed by atoms with E-state index in [9.17, 15) is 4.79 Å². The lowest BCUT2D eigenvalue weighted by Gasteiger charge is -2.53. The number of carbonyl (C=O) groups is 1. The summed E-state index contributed by atoms with van der Waals surface area (Å²) in [6.07, 6.45) is 3.71. The molecule has 1 aromatic carbocycles. The maximum Gasteiger partial charge on any atom is 0.217 e. The molecule has 1 spiro atoms. The van der Waals surface area contributed by atoms with E-state index in [1.807, 2.05) is 0 Å². The second-order valence-corrected chi connectivity index (χ2v) is 8.88. The smallest absolute Gasteiger partial charge is 0.217 e. The molecular formula is C21H29NO2. The number of fused-ring (bicyclic) bond motifs is 1. The van der Waals surface area contributed by atoms with Crippen LogP contribution in [0.3, 0.4) is 0 Å². The molecule has 1 amide bonds. The third-order valence-electron chi connectivity index (χ3n) is 7.26. The first-order chi connectivity index (χ1) is 11.3. The standard InChI is InChI=1S/C21H29NO2/c1-13-5-7-15(8-6-13)18-17-11-16-12-21(17,9-10-24-18)19(20(16,3)4)22-14(2)23/h5-8,16-19H,9-12H2,1-4H3,(H,22,23)/t16-,17-,18-,19-,21-/m1/s1. The van der Waals surface area contributed by atoms with Gasteiger partial charge in [0.1, 0.15) is 0 Å². The molecule has 1 heterocycles. The van der Waals surface area contributed by atoms with Gasteiger partial charge in [-0.2, -0.15) is 0 Å². The zero-order valence-electron chi connectivity index (χ0n) is 15.3. The molecular weight excluding hydrogens is 298 g/mol. The summed E-state index contributed by atoms with van der Waals surface area (Å²) < 4.78 is 6.27. The Labute approximate surface area is 145 Å². The number of nitrogens with one attached hydrogen (secondary N) is 1. The van der Waals surface area contributed by atoms with Crippen LogP contribution in [0.4, 0.5) is 0 Å². The van der Waals surface area contributed by atoms with Crippen LogP contribution >= 0.6 is 0 Å². The van der Waals surface area contributed by atoms with E-state index in [0.717, 1.165) is 13.0 Å². The van der Waals surface area contributed by atoms with Crippen molar-refractivity contribution in [2.45, 2.75) is 59.1 Å². The fraction of sp³-hybridized carbons (Fsp3) is 0.667. The van der Waals surface area contributed by atoms with E-state index >= 15 is 0 Å². The van der Waals surface area contributed by atoms with Crippen LogP contribution in [0.5, 0.6) is 0 Å². The summed E-state index contributed by atoms with van der Waals surface area (Å²) in [4.78, 5) is 11.9. The number of benzene rings is 1. The molecule has 1 aromatic rings. The van der Waals surface area contributed by atoms with Gasteiger partial charge in [0.05, 0.1) is 6.10 Å². The highest BCUT2D eigenvalue weighted by molar-refractivity contribution is 5.73. The molecule has 5 atom stereocenters. The van der Waals surface area contributed by atoms with Crippen molar-refractivity contribution in [3.05, 3.63) is 35.4 Å². The highest BCUT2D eigenvalue weighted by atomic mass is 16.5. The molecule has 1 aliphatic heterocycles. The monoisotopic (exact) mass is 327 g/mol. The molecule has 0 unspecified atom stereocenters. The van der Waals surface area contributed by atoms with Gasteiger partial charge in [0, 0.05) is 19.6 Å². The first-order valence-corrected chi connectivity index (χ1v) is 9.30. The van der Waals surface area contributed by atoms with Gasteiger partial charge < -0.3 is 10.1 Å². The van der Waals surface area contributed by atoms with Gasteiger partial charge in [0.2, 0.25) is 5.91 Å². The topological polar surface area (TPSA) is 38.3 Å². The van der Waals surface area contributed by atoms with E-state index in [0.29, 0.717) is 11.8 Å². The van der Waals surface area contributed by atoms with Crippen LogP contribution in [-0.4, -0.2) is 18.6 Å². The van der Waals surface area contributed by atoms with Crippen molar-refractivity contribution in [1.82, 2.24) is 5.32 Å². The van der Waals surface area contributed by atoms with Gasteiger partial charge in [-0.3, -0.25) is 4.79 Å². The molecule has 0 aromatic heterocycles. The molecule has 0 radical (unpaired) electrons. The number of hydrogen-bond donors (Lipinski definition) is 1. The predicted octanol–water partition coefficient (Wildman–Crippen LogP) is 4.01. The first kappa shape index (κ1) is 16.1. The van der Waals surface area contributed by atoms with E-state index in [1.165, 1.54) is 24.0 Å². The van der Waals surface area contributed by atoms with Gasteiger partial charge in [-0.05, 0) is 54.4 Å². The van der Waals surface area contributed by atoms with Crippen LogP contribution in [0, 0.1) is 29.6 Å². The molecule has 3 aliphatic rings. The first-order valence-electron chi connectivity index (χ1n) is 9.30. The van der Waals surface area contributed by atoms with Crippen LogP contribution in [0.15, 0.2) is 24.3 Å². The Bertz CT molecular complexity index is 650. The van der Waals surface area contributed by atoms with Crippen LogP contribution in [0.1, 0.15) is 57.3 Å². The average Bonchev–Trinajstić information content (AvgIpc) is 3.01. The summed E-state index contributed by atoms with van der Waals surface area (Å²) in [6.45, 7) is 9.28. The van der Waals surface area contributed by atoms with Crippen LogP contribution < -0.4 is 5.32 Å². The van der Waals surface area contributed by atoms with Gasteiger partial charge in [0.25, 0.3) is 0 Å². The van der Waals surface area contributed by atoms with Crippen molar-refractivity contribution in [3.8, 4) is 0 Å². The second-order valence-electron chi connectivity index (χ2n) is 8.88. The largest absolute Gasteiger partial charge is 0.373 e. The molecule has 2 bridgehead atoms. The summed E-state index contributed by atoms with van der Waals surface area (Å²) in [5, 5.41) is 3.34. The lowest BCUT2D eigenvalue weighted by atomic mass is 9.59.